The van der Waals surface area contributed by atoms with E-state index in [0.717, 1.165) is 13.1 Å². The molecule has 0 amide bonds. The van der Waals surface area contributed by atoms with Gasteiger partial charge in [0.15, 0.2) is 0 Å². The molecule has 2 saturated carbocycles. The molecule has 1 atom stereocenters. The van der Waals surface area contributed by atoms with Gasteiger partial charge in [-0.05, 0) is 39.8 Å². The van der Waals surface area contributed by atoms with Gasteiger partial charge >= 0.3 is 0 Å². The molecule has 2 aliphatic carbocycles. The Labute approximate surface area is 157 Å². The largest absolute Gasteiger partial charge is 0.390 e. The lowest BCUT2D eigenvalue weighted by Gasteiger charge is -2.34. The Hall–Kier alpha value is -0.120. The first kappa shape index (κ1) is 21.2. The van der Waals surface area contributed by atoms with Crippen LogP contribution in [-0.4, -0.2) is 60.3 Å². The highest BCUT2D eigenvalue weighted by Crippen LogP contribution is 2.22. The zero-order valence-electron chi connectivity index (χ0n) is 17.1. The first-order valence-electron chi connectivity index (χ1n) is 11.3. The normalized spacial score (nSPS) is 24.4. The molecule has 2 rings (SSSR count). The number of rotatable bonds is 6. The van der Waals surface area contributed by atoms with Crippen LogP contribution in [-0.2, 0) is 0 Å². The first-order valence-corrected chi connectivity index (χ1v) is 11.3. The SMILES string of the molecule is CN(CC(O)CN(C)C1CCCCCCC1)C1CCCCCCCC1. The Kier molecular flexibility index (Phi) is 10.4. The van der Waals surface area contributed by atoms with Gasteiger partial charge in [0.1, 0.15) is 0 Å². The van der Waals surface area contributed by atoms with Gasteiger partial charge in [-0.3, -0.25) is 0 Å². The van der Waals surface area contributed by atoms with Crippen LogP contribution < -0.4 is 0 Å². The van der Waals surface area contributed by atoms with Crippen LogP contribution in [0.4, 0.5) is 0 Å². The molecule has 2 aliphatic rings. The Morgan fingerprint density at radius 3 is 1.20 bits per heavy atom. The molecule has 2 fully saturated rings. The third-order valence-corrected chi connectivity index (χ3v) is 6.64. The van der Waals surface area contributed by atoms with E-state index in [1.807, 2.05) is 0 Å². The molecule has 25 heavy (non-hydrogen) atoms. The molecule has 1 N–H and O–H groups in total. The molecular weight excluding hydrogens is 308 g/mol. The minimum Gasteiger partial charge on any atom is -0.390 e. The molecule has 0 spiro atoms. The van der Waals surface area contributed by atoms with E-state index < -0.39 is 0 Å². The zero-order valence-corrected chi connectivity index (χ0v) is 17.1. The van der Waals surface area contributed by atoms with Gasteiger partial charge in [0.2, 0.25) is 0 Å². The molecule has 0 aromatic rings. The van der Waals surface area contributed by atoms with Gasteiger partial charge in [0.25, 0.3) is 0 Å². The van der Waals surface area contributed by atoms with Crippen molar-refractivity contribution in [3.63, 3.8) is 0 Å². The van der Waals surface area contributed by atoms with Crippen LogP contribution in [0.15, 0.2) is 0 Å². The summed E-state index contributed by atoms with van der Waals surface area (Å²) in [5.74, 6) is 0. The van der Waals surface area contributed by atoms with Crippen molar-refractivity contribution in [3.8, 4) is 0 Å². The average molecular weight is 353 g/mol. The van der Waals surface area contributed by atoms with Crippen LogP contribution in [0.1, 0.15) is 96.3 Å². The van der Waals surface area contributed by atoms with E-state index in [0.29, 0.717) is 12.1 Å². The molecule has 0 aliphatic heterocycles. The number of aliphatic hydroxyl groups excluding tert-OH is 1. The Morgan fingerprint density at radius 1 is 0.600 bits per heavy atom. The first-order chi connectivity index (χ1) is 12.2. The third-order valence-electron chi connectivity index (χ3n) is 6.64. The molecule has 0 heterocycles. The fraction of sp³-hybridized carbons (Fsp3) is 1.00. The summed E-state index contributed by atoms with van der Waals surface area (Å²) in [6, 6.07) is 1.37. The summed E-state index contributed by atoms with van der Waals surface area (Å²) >= 11 is 0. The number of hydrogen-bond donors (Lipinski definition) is 1. The van der Waals surface area contributed by atoms with E-state index >= 15 is 0 Å². The van der Waals surface area contributed by atoms with Crippen molar-refractivity contribution in [1.29, 1.82) is 0 Å². The van der Waals surface area contributed by atoms with E-state index in [9.17, 15) is 5.11 Å². The molecule has 0 aromatic carbocycles. The van der Waals surface area contributed by atoms with Crippen molar-refractivity contribution in [1.82, 2.24) is 9.80 Å². The third kappa shape index (κ3) is 8.41. The monoisotopic (exact) mass is 352 g/mol. The van der Waals surface area contributed by atoms with Gasteiger partial charge in [-0.15, -0.1) is 0 Å². The van der Waals surface area contributed by atoms with Crippen LogP contribution in [0.3, 0.4) is 0 Å². The summed E-state index contributed by atoms with van der Waals surface area (Å²) < 4.78 is 0. The highest BCUT2D eigenvalue weighted by molar-refractivity contribution is 4.77. The van der Waals surface area contributed by atoms with Gasteiger partial charge in [-0.25, -0.2) is 0 Å². The minimum absolute atomic E-state index is 0.215. The predicted molar refractivity (Wildman–Crippen MR) is 108 cm³/mol. The van der Waals surface area contributed by atoms with E-state index in [-0.39, 0.29) is 6.10 Å². The van der Waals surface area contributed by atoms with Crippen molar-refractivity contribution in [2.45, 2.75) is 114 Å². The van der Waals surface area contributed by atoms with E-state index in [1.165, 1.54) is 96.3 Å². The van der Waals surface area contributed by atoms with Crippen molar-refractivity contribution in [3.05, 3.63) is 0 Å². The Bertz CT molecular complexity index is 318. The van der Waals surface area contributed by atoms with Crippen LogP contribution in [0, 0.1) is 0 Å². The number of hydrogen-bond acceptors (Lipinski definition) is 3. The molecule has 3 heteroatoms. The molecule has 0 bridgehead atoms. The van der Waals surface area contributed by atoms with Crippen LogP contribution in [0.25, 0.3) is 0 Å². The maximum atomic E-state index is 10.7. The maximum Gasteiger partial charge on any atom is 0.0793 e. The lowest BCUT2D eigenvalue weighted by Crippen LogP contribution is -2.44. The zero-order chi connectivity index (χ0) is 17.9. The van der Waals surface area contributed by atoms with E-state index in [1.54, 1.807) is 0 Å². The molecule has 0 saturated heterocycles. The summed E-state index contributed by atoms with van der Waals surface area (Å²) in [4.78, 5) is 4.91. The van der Waals surface area contributed by atoms with Gasteiger partial charge < -0.3 is 14.9 Å². The predicted octanol–water partition coefficient (Wildman–Crippen LogP) is 4.83. The molecule has 3 nitrogen and oxygen atoms in total. The highest BCUT2D eigenvalue weighted by Gasteiger charge is 2.22. The second-order valence-electron chi connectivity index (χ2n) is 8.88. The maximum absolute atomic E-state index is 10.7. The second-order valence-corrected chi connectivity index (χ2v) is 8.88. The lowest BCUT2D eigenvalue weighted by atomic mass is 9.95. The van der Waals surface area contributed by atoms with Crippen LogP contribution >= 0.6 is 0 Å². The lowest BCUT2D eigenvalue weighted by molar-refractivity contribution is 0.0556. The van der Waals surface area contributed by atoms with Gasteiger partial charge in [-0.2, -0.15) is 0 Å². The number of nitrogens with zero attached hydrogens (tertiary/aromatic N) is 2. The Morgan fingerprint density at radius 2 is 0.880 bits per heavy atom. The molecular formula is C22H44N2O. The number of likely N-dealkylation sites (N-methyl/N-ethyl adjacent to an activating group) is 2. The van der Waals surface area contributed by atoms with Crippen molar-refractivity contribution in [2.75, 3.05) is 27.2 Å². The molecule has 1 unspecified atom stereocenters. The van der Waals surface area contributed by atoms with E-state index in [2.05, 4.69) is 23.9 Å². The summed E-state index contributed by atoms with van der Waals surface area (Å²) in [5.41, 5.74) is 0. The summed E-state index contributed by atoms with van der Waals surface area (Å²) in [6.45, 7) is 1.67. The molecule has 0 aromatic heterocycles. The highest BCUT2D eigenvalue weighted by atomic mass is 16.3. The molecule has 0 radical (unpaired) electrons. The standard InChI is InChI=1S/C22H44N2O/c1-23(20-14-10-6-3-4-7-11-15-20)18-22(25)19-24(2)21-16-12-8-5-9-13-17-21/h20-22,25H,3-19H2,1-2H3. The summed E-state index contributed by atoms with van der Waals surface area (Å²) in [5, 5.41) is 10.7. The quantitative estimate of drug-likeness (QED) is 0.742. The van der Waals surface area contributed by atoms with Gasteiger partial charge in [0, 0.05) is 25.2 Å². The van der Waals surface area contributed by atoms with Crippen LogP contribution in [0.5, 0.6) is 0 Å². The summed E-state index contributed by atoms with van der Waals surface area (Å²) in [7, 11) is 4.47. The smallest absolute Gasteiger partial charge is 0.0793 e. The van der Waals surface area contributed by atoms with Gasteiger partial charge in [-0.1, -0.05) is 70.6 Å². The second kappa shape index (κ2) is 12.3. The minimum atomic E-state index is -0.215. The van der Waals surface area contributed by atoms with Crippen molar-refractivity contribution < 1.29 is 5.11 Å². The fourth-order valence-electron chi connectivity index (χ4n) is 4.95. The fourth-order valence-corrected chi connectivity index (χ4v) is 4.95. The average Bonchev–Trinajstić information content (AvgIpc) is 2.67. The molecule has 148 valence electrons. The van der Waals surface area contributed by atoms with Crippen LogP contribution in [0.2, 0.25) is 0 Å². The topological polar surface area (TPSA) is 26.7 Å². The van der Waals surface area contributed by atoms with Gasteiger partial charge in [0.05, 0.1) is 6.10 Å². The Balaban J connectivity index is 1.73. The van der Waals surface area contributed by atoms with Crippen molar-refractivity contribution in [2.24, 2.45) is 0 Å². The number of aliphatic hydroxyl groups is 1. The summed E-state index contributed by atoms with van der Waals surface area (Å²) in [6.07, 6.45) is 20.4. The van der Waals surface area contributed by atoms with Crippen molar-refractivity contribution >= 4 is 0 Å². The van der Waals surface area contributed by atoms with E-state index in [4.69, 9.17) is 0 Å².